The van der Waals surface area contributed by atoms with Gasteiger partial charge < -0.3 is 20.1 Å². The van der Waals surface area contributed by atoms with Crippen LogP contribution in [-0.4, -0.2) is 39.3 Å². The molecule has 0 radical (unpaired) electrons. The molecule has 0 fully saturated rings. The van der Waals surface area contributed by atoms with Crippen molar-refractivity contribution in [2.45, 2.75) is 20.1 Å². The quantitative estimate of drug-likeness (QED) is 0.630. The van der Waals surface area contributed by atoms with Crippen molar-refractivity contribution in [3.05, 3.63) is 35.4 Å². The highest BCUT2D eigenvalue weighted by Crippen LogP contribution is 2.09. The Bertz CT molecular complexity index is 396. The van der Waals surface area contributed by atoms with Gasteiger partial charge in [-0.3, -0.25) is 4.79 Å². The minimum absolute atomic E-state index is 0.0238. The molecular weight excluding hydrogens is 256 g/mol. The van der Waals surface area contributed by atoms with Crippen LogP contribution in [0.2, 0.25) is 0 Å². The Hall–Kier alpha value is -1.43. The number of ether oxygens (including phenoxy) is 2. The zero-order valence-electron chi connectivity index (χ0n) is 12.3. The maximum atomic E-state index is 11.5. The lowest BCUT2D eigenvalue weighted by atomic mass is 10.1. The van der Waals surface area contributed by atoms with E-state index in [1.54, 1.807) is 7.11 Å². The van der Waals surface area contributed by atoms with E-state index in [0.29, 0.717) is 39.5 Å². The number of hydrogen-bond acceptors (Lipinski definition) is 4. The van der Waals surface area contributed by atoms with Gasteiger partial charge in [0.05, 0.1) is 19.8 Å². The van der Waals surface area contributed by atoms with Crippen LogP contribution in [0.5, 0.6) is 0 Å². The second-order valence-electron chi connectivity index (χ2n) is 4.35. The van der Waals surface area contributed by atoms with E-state index in [2.05, 4.69) is 10.6 Å². The third kappa shape index (κ3) is 6.65. The van der Waals surface area contributed by atoms with E-state index in [-0.39, 0.29) is 5.91 Å². The molecule has 1 aromatic rings. The van der Waals surface area contributed by atoms with Crippen molar-refractivity contribution < 1.29 is 14.3 Å². The molecule has 0 atom stereocenters. The lowest BCUT2D eigenvalue weighted by molar-refractivity contribution is -0.120. The Kier molecular flexibility index (Phi) is 8.62. The van der Waals surface area contributed by atoms with Gasteiger partial charge in [0.1, 0.15) is 0 Å². The average Bonchev–Trinajstić information content (AvgIpc) is 2.46. The molecule has 0 aliphatic carbocycles. The van der Waals surface area contributed by atoms with Crippen molar-refractivity contribution >= 4 is 5.91 Å². The predicted octanol–water partition coefficient (Wildman–Crippen LogP) is 1.08. The summed E-state index contributed by atoms with van der Waals surface area (Å²) < 4.78 is 10.3. The first-order valence-electron chi connectivity index (χ1n) is 6.88. The van der Waals surface area contributed by atoms with E-state index in [1.165, 1.54) is 0 Å². The summed E-state index contributed by atoms with van der Waals surface area (Å²) in [5.74, 6) is -0.0238. The molecule has 1 rings (SSSR count). The molecule has 20 heavy (non-hydrogen) atoms. The van der Waals surface area contributed by atoms with Gasteiger partial charge >= 0.3 is 0 Å². The van der Waals surface area contributed by atoms with E-state index >= 15 is 0 Å². The van der Waals surface area contributed by atoms with Crippen molar-refractivity contribution in [1.29, 1.82) is 0 Å². The second kappa shape index (κ2) is 10.4. The first-order chi connectivity index (χ1) is 9.77. The molecule has 0 spiro atoms. The Morgan fingerprint density at radius 1 is 1.25 bits per heavy atom. The summed E-state index contributed by atoms with van der Waals surface area (Å²) in [6.07, 6.45) is 0. The smallest absolute Gasteiger partial charge is 0.234 e. The van der Waals surface area contributed by atoms with Crippen molar-refractivity contribution in [2.75, 3.05) is 33.4 Å². The molecule has 0 aromatic heterocycles. The van der Waals surface area contributed by atoms with E-state index in [4.69, 9.17) is 9.47 Å². The molecule has 1 aromatic carbocycles. The molecule has 0 saturated carbocycles. The van der Waals surface area contributed by atoms with Crippen molar-refractivity contribution in [3.63, 3.8) is 0 Å². The zero-order valence-corrected chi connectivity index (χ0v) is 12.3. The van der Waals surface area contributed by atoms with Gasteiger partial charge in [0, 0.05) is 26.8 Å². The number of methoxy groups -OCH3 is 1. The minimum Gasteiger partial charge on any atom is -0.383 e. The molecule has 2 N–H and O–H groups in total. The molecule has 0 heterocycles. The summed E-state index contributed by atoms with van der Waals surface area (Å²) >= 11 is 0. The molecular formula is C15H24N2O3. The second-order valence-corrected chi connectivity index (χ2v) is 4.35. The normalized spacial score (nSPS) is 10.5. The van der Waals surface area contributed by atoms with E-state index < -0.39 is 0 Å². The predicted molar refractivity (Wildman–Crippen MR) is 78.4 cm³/mol. The Morgan fingerprint density at radius 3 is 2.70 bits per heavy atom. The fourth-order valence-corrected chi connectivity index (χ4v) is 1.75. The molecule has 0 bridgehead atoms. The number of benzene rings is 1. The topological polar surface area (TPSA) is 59.6 Å². The molecule has 112 valence electrons. The number of nitrogens with one attached hydrogen (secondary N) is 2. The largest absolute Gasteiger partial charge is 0.383 e. The Balaban J connectivity index is 2.32. The highest BCUT2D eigenvalue weighted by molar-refractivity contribution is 5.77. The molecule has 0 saturated heterocycles. The van der Waals surface area contributed by atoms with Crippen LogP contribution in [-0.2, 0) is 27.4 Å². The van der Waals surface area contributed by atoms with Crippen LogP contribution in [0.25, 0.3) is 0 Å². The first kappa shape index (κ1) is 16.6. The van der Waals surface area contributed by atoms with E-state index in [0.717, 1.165) is 11.1 Å². The van der Waals surface area contributed by atoms with Crippen molar-refractivity contribution in [3.8, 4) is 0 Å². The van der Waals surface area contributed by atoms with Crippen LogP contribution < -0.4 is 10.6 Å². The standard InChI is InChI=1S/C15H24N2O3/c1-3-20-12-14-7-5-4-6-13(14)10-16-11-15(18)17-8-9-19-2/h4-7,16H,3,8-12H2,1-2H3,(H,17,18). The molecule has 5 nitrogen and oxygen atoms in total. The highest BCUT2D eigenvalue weighted by Gasteiger charge is 2.03. The van der Waals surface area contributed by atoms with E-state index in [9.17, 15) is 4.79 Å². The lowest BCUT2D eigenvalue weighted by Gasteiger charge is -2.10. The number of hydrogen-bond donors (Lipinski definition) is 2. The van der Waals surface area contributed by atoms with Gasteiger partial charge in [-0.05, 0) is 18.1 Å². The van der Waals surface area contributed by atoms with Crippen LogP contribution >= 0.6 is 0 Å². The summed E-state index contributed by atoms with van der Waals surface area (Å²) in [5, 5.41) is 5.90. The fraction of sp³-hybridized carbons (Fsp3) is 0.533. The summed E-state index contributed by atoms with van der Waals surface area (Å²) in [4.78, 5) is 11.5. The average molecular weight is 280 g/mol. The van der Waals surface area contributed by atoms with Gasteiger partial charge in [0.15, 0.2) is 0 Å². The lowest BCUT2D eigenvalue weighted by Crippen LogP contribution is -2.35. The Morgan fingerprint density at radius 2 is 2.00 bits per heavy atom. The number of carbonyl (C=O) groups excluding carboxylic acids is 1. The van der Waals surface area contributed by atoms with Crippen LogP contribution in [0.15, 0.2) is 24.3 Å². The van der Waals surface area contributed by atoms with Gasteiger partial charge in [-0.25, -0.2) is 0 Å². The summed E-state index contributed by atoms with van der Waals surface area (Å²) in [6, 6.07) is 8.08. The molecule has 0 aliphatic rings. The molecule has 0 aliphatic heterocycles. The zero-order chi connectivity index (χ0) is 14.6. The van der Waals surface area contributed by atoms with Crippen LogP contribution in [0.4, 0.5) is 0 Å². The summed E-state index contributed by atoms with van der Waals surface area (Å²) in [5.41, 5.74) is 2.31. The summed E-state index contributed by atoms with van der Waals surface area (Å²) in [7, 11) is 1.61. The third-order valence-corrected chi connectivity index (χ3v) is 2.81. The Labute approximate surface area is 120 Å². The van der Waals surface area contributed by atoms with Gasteiger partial charge in [0.2, 0.25) is 5.91 Å². The molecule has 0 unspecified atom stereocenters. The fourth-order valence-electron chi connectivity index (χ4n) is 1.75. The number of carbonyl (C=O) groups is 1. The van der Waals surface area contributed by atoms with E-state index in [1.807, 2.05) is 31.2 Å². The van der Waals surface area contributed by atoms with Gasteiger partial charge in [-0.1, -0.05) is 24.3 Å². The highest BCUT2D eigenvalue weighted by atomic mass is 16.5. The van der Waals surface area contributed by atoms with Gasteiger partial charge in [-0.2, -0.15) is 0 Å². The van der Waals surface area contributed by atoms with Gasteiger partial charge in [-0.15, -0.1) is 0 Å². The monoisotopic (exact) mass is 280 g/mol. The summed E-state index contributed by atoms with van der Waals surface area (Å²) in [6.45, 7) is 5.30. The maximum absolute atomic E-state index is 11.5. The SMILES string of the molecule is CCOCc1ccccc1CNCC(=O)NCCOC. The third-order valence-electron chi connectivity index (χ3n) is 2.81. The molecule has 5 heteroatoms. The molecule has 1 amide bonds. The first-order valence-corrected chi connectivity index (χ1v) is 6.88. The number of rotatable bonds is 10. The maximum Gasteiger partial charge on any atom is 0.234 e. The van der Waals surface area contributed by atoms with Crippen LogP contribution in [0, 0.1) is 0 Å². The van der Waals surface area contributed by atoms with Crippen molar-refractivity contribution in [1.82, 2.24) is 10.6 Å². The number of amides is 1. The minimum atomic E-state index is -0.0238. The van der Waals surface area contributed by atoms with Crippen LogP contribution in [0.1, 0.15) is 18.1 Å². The van der Waals surface area contributed by atoms with Crippen molar-refractivity contribution in [2.24, 2.45) is 0 Å². The van der Waals surface area contributed by atoms with Crippen LogP contribution in [0.3, 0.4) is 0 Å². The van der Waals surface area contributed by atoms with Gasteiger partial charge in [0.25, 0.3) is 0 Å².